The van der Waals surface area contributed by atoms with E-state index in [1.807, 2.05) is 79.7 Å². The van der Waals surface area contributed by atoms with E-state index in [9.17, 15) is 14.4 Å². The van der Waals surface area contributed by atoms with Crippen LogP contribution in [0.1, 0.15) is 24.0 Å². The van der Waals surface area contributed by atoms with Crippen molar-refractivity contribution in [1.29, 1.82) is 0 Å². The Hall–Kier alpha value is -3.67. The number of amides is 2. The smallest absolute Gasteiger partial charge is 0.325 e. The average Bonchev–Trinajstić information content (AvgIpc) is 2.80. The SMILES string of the molecule is C[C@@H](CNC(=O)COC(=O)CNC(=O)Cc1cccc2ccccc12)c1ccccc1. The monoisotopic (exact) mass is 418 g/mol. The predicted octanol–water partition coefficient (Wildman–Crippen LogP) is 2.96. The molecule has 0 saturated carbocycles. The van der Waals surface area contributed by atoms with Gasteiger partial charge in [-0.15, -0.1) is 0 Å². The fourth-order valence-corrected chi connectivity index (χ4v) is 3.27. The maximum atomic E-state index is 12.2. The minimum atomic E-state index is -0.655. The number of carbonyl (C=O) groups excluding carboxylic acids is 3. The van der Waals surface area contributed by atoms with Crippen molar-refractivity contribution >= 4 is 28.6 Å². The molecular weight excluding hydrogens is 392 g/mol. The lowest BCUT2D eigenvalue weighted by molar-refractivity contribution is -0.148. The van der Waals surface area contributed by atoms with Gasteiger partial charge in [-0.25, -0.2) is 0 Å². The Bertz CT molecular complexity index is 1040. The molecule has 0 aromatic heterocycles. The van der Waals surface area contributed by atoms with Crippen molar-refractivity contribution in [1.82, 2.24) is 10.6 Å². The van der Waals surface area contributed by atoms with Crippen molar-refractivity contribution in [3.63, 3.8) is 0 Å². The van der Waals surface area contributed by atoms with Crippen LogP contribution in [0, 0.1) is 0 Å². The summed E-state index contributed by atoms with van der Waals surface area (Å²) in [7, 11) is 0. The summed E-state index contributed by atoms with van der Waals surface area (Å²) in [6.07, 6.45) is 0.159. The molecule has 3 aromatic carbocycles. The molecule has 1 atom stereocenters. The van der Waals surface area contributed by atoms with Gasteiger partial charge in [0, 0.05) is 6.54 Å². The molecule has 0 aliphatic carbocycles. The molecule has 2 amide bonds. The number of hydrogen-bond acceptors (Lipinski definition) is 4. The first kappa shape index (κ1) is 22.0. The molecule has 0 heterocycles. The van der Waals surface area contributed by atoms with Crippen molar-refractivity contribution in [2.75, 3.05) is 19.7 Å². The highest BCUT2D eigenvalue weighted by Gasteiger charge is 2.12. The molecule has 0 aliphatic rings. The largest absolute Gasteiger partial charge is 0.454 e. The Morgan fingerprint density at radius 2 is 1.55 bits per heavy atom. The molecule has 0 unspecified atom stereocenters. The van der Waals surface area contributed by atoms with Crippen LogP contribution in [0.25, 0.3) is 10.8 Å². The first-order valence-corrected chi connectivity index (χ1v) is 10.2. The van der Waals surface area contributed by atoms with Gasteiger partial charge < -0.3 is 15.4 Å². The molecule has 0 radical (unpaired) electrons. The number of esters is 1. The van der Waals surface area contributed by atoms with Crippen LogP contribution >= 0.6 is 0 Å². The molecule has 31 heavy (non-hydrogen) atoms. The van der Waals surface area contributed by atoms with Crippen LogP contribution in [0.5, 0.6) is 0 Å². The van der Waals surface area contributed by atoms with E-state index < -0.39 is 5.97 Å². The molecule has 0 saturated heterocycles. The highest BCUT2D eigenvalue weighted by atomic mass is 16.5. The zero-order chi connectivity index (χ0) is 22.1. The Balaban J connectivity index is 1.37. The second kappa shape index (κ2) is 10.9. The molecule has 6 nitrogen and oxygen atoms in total. The fourth-order valence-electron chi connectivity index (χ4n) is 3.27. The Kier molecular flexibility index (Phi) is 7.76. The first-order valence-electron chi connectivity index (χ1n) is 10.2. The number of ether oxygens (including phenoxy) is 1. The van der Waals surface area contributed by atoms with Gasteiger partial charge >= 0.3 is 5.97 Å². The Morgan fingerprint density at radius 1 is 0.839 bits per heavy atom. The van der Waals surface area contributed by atoms with Crippen molar-refractivity contribution in [2.45, 2.75) is 19.3 Å². The number of rotatable bonds is 9. The summed E-state index contributed by atoms with van der Waals surface area (Å²) >= 11 is 0. The maximum Gasteiger partial charge on any atom is 0.325 e. The second-order valence-corrected chi connectivity index (χ2v) is 7.37. The lowest BCUT2D eigenvalue weighted by Crippen LogP contribution is -2.35. The molecule has 0 fully saturated rings. The van der Waals surface area contributed by atoms with Gasteiger partial charge in [0.15, 0.2) is 6.61 Å². The van der Waals surface area contributed by atoms with Crippen molar-refractivity contribution < 1.29 is 19.1 Å². The van der Waals surface area contributed by atoms with Crippen molar-refractivity contribution in [2.24, 2.45) is 0 Å². The third kappa shape index (κ3) is 6.67. The predicted molar refractivity (Wildman–Crippen MR) is 119 cm³/mol. The van der Waals surface area contributed by atoms with Crippen molar-refractivity contribution in [3.8, 4) is 0 Å². The van der Waals surface area contributed by atoms with Gasteiger partial charge in [0.05, 0.1) is 6.42 Å². The van der Waals surface area contributed by atoms with Gasteiger partial charge in [-0.05, 0) is 27.8 Å². The number of nitrogens with one attached hydrogen (secondary N) is 2. The molecule has 3 aromatic rings. The first-order chi connectivity index (χ1) is 15.0. The van der Waals surface area contributed by atoms with Crippen LogP contribution in [-0.4, -0.2) is 37.5 Å². The highest BCUT2D eigenvalue weighted by molar-refractivity contribution is 5.91. The topological polar surface area (TPSA) is 84.5 Å². The summed E-state index contributed by atoms with van der Waals surface area (Å²) < 4.78 is 4.95. The highest BCUT2D eigenvalue weighted by Crippen LogP contribution is 2.18. The van der Waals surface area contributed by atoms with E-state index >= 15 is 0 Å². The molecule has 2 N–H and O–H groups in total. The van der Waals surface area contributed by atoms with E-state index in [2.05, 4.69) is 10.6 Å². The maximum absolute atomic E-state index is 12.2. The number of hydrogen-bond donors (Lipinski definition) is 2. The Morgan fingerprint density at radius 3 is 2.35 bits per heavy atom. The molecule has 6 heteroatoms. The molecule has 0 aliphatic heterocycles. The van der Waals surface area contributed by atoms with E-state index in [4.69, 9.17) is 4.74 Å². The second-order valence-electron chi connectivity index (χ2n) is 7.37. The summed E-state index contributed by atoms with van der Waals surface area (Å²) in [6.45, 7) is 1.80. The van der Waals surface area contributed by atoms with Gasteiger partial charge in [0.25, 0.3) is 5.91 Å². The summed E-state index contributed by atoms with van der Waals surface area (Å²) in [5.41, 5.74) is 2.00. The molecule has 160 valence electrons. The van der Waals surface area contributed by atoms with Crippen LogP contribution in [0.3, 0.4) is 0 Å². The standard InChI is InChI=1S/C25H26N2O4/c1-18(19-8-3-2-4-9-19)15-26-24(29)17-31-25(30)16-27-23(28)14-21-12-7-11-20-10-5-6-13-22(20)21/h2-13,18H,14-17H2,1H3,(H,26,29)(H,27,28)/t18-/m0/s1. The van der Waals surface area contributed by atoms with Crippen LogP contribution < -0.4 is 10.6 Å². The van der Waals surface area contributed by atoms with Crippen LogP contribution in [-0.2, 0) is 25.5 Å². The zero-order valence-corrected chi connectivity index (χ0v) is 17.5. The molecule has 0 bridgehead atoms. The van der Waals surface area contributed by atoms with Crippen LogP contribution in [0.2, 0.25) is 0 Å². The number of fused-ring (bicyclic) bond motifs is 1. The van der Waals surface area contributed by atoms with Gasteiger partial charge in [0.2, 0.25) is 5.91 Å². The zero-order valence-electron chi connectivity index (χ0n) is 17.5. The lowest BCUT2D eigenvalue weighted by Gasteiger charge is -2.13. The van der Waals surface area contributed by atoms with Gasteiger partial charge in [-0.2, -0.15) is 0 Å². The summed E-state index contributed by atoms with van der Waals surface area (Å²) in [5, 5.41) is 7.35. The van der Waals surface area contributed by atoms with E-state index in [1.54, 1.807) is 0 Å². The molecule has 0 spiro atoms. The summed E-state index contributed by atoms with van der Waals surface area (Å²) in [5.74, 6) is -1.17. The quantitative estimate of drug-likeness (QED) is 0.523. The molecule has 3 rings (SSSR count). The van der Waals surface area contributed by atoms with E-state index in [1.165, 1.54) is 0 Å². The normalized spacial score (nSPS) is 11.5. The summed E-state index contributed by atoms with van der Waals surface area (Å²) in [6, 6.07) is 23.4. The fraction of sp³-hybridized carbons (Fsp3) is 0.240. The van der Waals surface area contributed by atoms with E-state index in [0.29, 0.717) is 6.54 Å². The third-order valence-electron chi connectivity index (χ3n) is 5.00. The minimum absolute atomic E-state index is 0.147. The number of carbonyl (C=O) groups is 3. The van der Waals surface area contributed by atoms with Crippen LogP contribution in [0.4, 0.5) is 0 Å². The van der Waals surface area contributed by atoms with Gasteiger partial charge in [0.1, 0.15) is 6.54 Å². The Labute approximate surface area is 181 Å². The number of benzene rings is 3. The summed E-state index contributed by atoms with van der Waals surface area (Å²) in [4.78, 5) is 36.0. The van der Waals surface area contributed by atoms with E-state index in [0.717, 1.165) is 21.9 Å². The lowest BCUT2D eigenvalue weighted by atomic mass is 10.0. The molecular formula is C25H26N2O4. The minimum Gasteiger partial charge on any atom is -0.454 e. The average molecular weight is 418 g/mol. The van der Waals surface area contributed by atoms with Gasteiger partial charge in [-0.1, -0.05) is 79.7 Å². The van der Waals surface area contributed by atoms with Crippen LogP contribution in [0.15, 0.2) is 72.8 Å². The van der Waals surface area contributed by atoms with E-state index in [-0.39, 0.29) is 37.3 Å². The third-order valence-corrected chi connectivity index (χ3v) is 5.00. The van der Waals surface area contributed by atoms with Crippen molar-refractivity contribution in [3.05, 3.63) is 83.9 Å². The van der Waals surface area contributed by atoms with Gasteiger partial charge in [-0.3, -0.25) is 14.4 Å².